The van der Waals surface area contributed by atoms with Crippen LogP contribution in [0.2, 0.25) is 0 Å². The molecule has 0 radical (unpaired) electrons. The fourth-order valence-corrected chi connectivity index (χ4v) is 4.73. The molecule has 37 heavy (non-hydrogen) atoms. The lowest BCUT2D eigenvalue weighted by Crippen LogP contribution is -2.46. The number of benzene rings is 1. The number of pyridine rings is 1. The van der Waals surface area contributed by atoms with E-state index in [1.807, 2.05) is 32.4 Å². The number of rotatable bonds is 5. The van der Waals surface area contributed by atoms with Crippen LogP contribution in [0.3, 0.4) is 0 Å². The number of piperazine rings is 1. The summed E-state index contributed by atoms with van der Waals surface area (Å²) in [7, 11) is 1.90. The Balaban J connectivity index is 1.40. The summed E-state index contributed by atoms with van der Waals surface area (Å²) in [5.41, 5.74) is 7.83. The molecule has 4 aromatic rings. The number of hydrogen-bond acceptors (Lipinski definition) is 8. The van der Waals surface area contributed by atoms with Gasteiger partial charge < -0.3 is 20.9 Å². The summed E-state index contributed by atoms with van der Waals surface area (Å²) in [5.74, 6) is 1.18. The van der Waals surface area contributed by atoms with Crippen molar-refractivity contribution in [1.82, 2.24) is 25.0 Å². The summed E-state index contributed by atoms with van der Waals surface area (Å²) in [6.07, 6.45) is 0.242. The van der Waals surface area contributed by atoms with Crippen molar-refractivity contribution in [2.24, 2.45) is 12.8 Å². The molecule has 1 saturated heterocycles. The van der Waals surface area contributed by atoms with E-state index < -0.39 is 17.9 Å². The summed E-state index contributed by atoms with van der Waals surface area (Å²) in [6.45, 7) is 6.46. The van der Waals surface area contributed by atoms with Crippen LogP contribution >= 0.6 is 0 Å². The molecule has 1 aliphatic rings. The van der Waals surface area contributed by atoms with Gasteiger partial charge in [-0.25, -0.2) is 4.98 Å². The molecule has 3 N–H and O–H groups in total. The SMILES string of the molecule is Cc1c([C@@H](N)Nc2nnc(C)c3cnc(N4CCN(c5cnn(C)c5)CC4)cc23)cccc1C(F)(F)F. The molecule has 9 nitrogen and oxygen atoms in total. The molecule has 0 spiro atoms. The number of nitrogens with two attached hydrogens (primary N) is 1. The molecule has 4 heterocycles. The molecule has 0 amide bonds. The van der Waals surface area contributed by atoms with Crippen molar-refractivity contribution in [3.05, 3.63) is 65.2 Å². The van der Waals surface area contributed by atoms with Gasteiger partial charge in [0.05, 0.1) is 23.1 Å². The fraction of sp³-hybridized carbons (Fsp3) is 0.360. The lowest BCUT2D eigenvalue weighted by Gasteiger charge is -2.36. The van der Waals surface area contributed by atoms with Crippen LogP contribution in [0.15, 0.2) is 42.9 Å². The van der Waals surface area contributed by atoms with Gasteiger partial charge in [-0.2, -0.15) is 23.4 Å². The number of aryl methyl sites for hydroxylation is 2. The Kier molecular flexibility index (Phi) is 6.36. The number of anilines is 3. The second-order valence-corrected chi connectivity index (χ2v) is 9.21. The largest absolute Gasteiger partial charge is 0.416 e. The van der Waals surface area contributed by atoms with Crippen LogP contribution in [0.1, 0.15) is 28.6 Å². The van der Waals surface area contributed by atoms with Gasteiger partial charge >= 0.3 is 6.18 Å². The van der Waals surface area contributed by atoms with Crippen LogP contribution in [0.5, 0.6) is 0 Å². The van der Waals surface area contributed by atoms with Gasteiger partial charge in [-0.15, -0.1) is 5.10 Å². The predicted molar refractivity (Wildman–Crippen MR) is 136 cm³/mol. The molecule has 1 aromatic carbocycles. The van der Waals surface area contributed by atoms with Gasteiger partial charge in [-0.3, -0.25) is 4.68 Å². The monoisotopic (exact) mass is 511 g/mol. The Morgan fingerprint density at radius 2 is 1.73 bits per heavy atom. The Morgan fingerprint density at radius 1 is 1.00 bits per heavy atom. The highest BCUT2D eigenvalue weighted by Crippen LogP contribution is 2.35. The summed E-state index contributed by atoms with van der Waals surface area (Å²) in [4.78, 5) is 9.14. The first-order valence-electron chi connectivity index (χ1n) is 11.9. The molecule has 0 bridgehead atoms. The van der Waals surface area contributed by atoms with E-state index >= 15 is 0 Å². The van der Waals surface area contributed by atoms with Crippen LogP contribution in [-0.4, -0.2) is 51.1 Å². The zero-order chi connectivity index (χ0) is 26.3. The zero-order valence-electron chi connectivity index (χ0n) is 20.8. The Labute approximate surface area is 212 Å². The van der Waals surface area contributed by atoms with Gasteiger partial charge in [-0.1, -0.05) is 12.1 Å². The minimum Gasteiger partial charge on any atom is -0.365 e. The molecule has 1 fully saturated rings. The average molecular weight is 512 g/mol. The van der Waals surface area contributed by atoms with E-state index in [-0.39, 0.29) is 5.56 Å². The molecule has 1 atom stereocenters. The van der Waals surface area contributed by atoms with Crippen molar-refractivity contribution in [3.8, 4) is 0 Å². The van der Waals surface area contributed by atoms with Crippen LogP contribution in [0.4, 0.5) is 30.5 Å². The molecular formula is C25H28F3N9. The molecule has 0 saturated carbocycles. The van der Waals surface area contributed by atoms with E-state index in [2.05, 4.69) is 35.4 Å². The third-order valence-electron chi connectivity index (χ3n) is 6.80. The molecule has 194 valence electrons. The third-order valence-corrected chi connectivity index (χ3v) is 6.80. The van der Waals surface area contributed by atoms with E-state index in [0.29, 0.717) is 17.1 Å². The number of hydrogen-bond donors (Lipinski definition) is 2. The third kappa shape index (κ3) is 4.88. The predicted octanol–water partition coefficient (Wildman–Crippen LogP) is 3.79. The fourth-order valence-electron chi connectivity index (χ4n) is 4.73. The van der Waals surface area contributed by atoms with E-state index in [4.69, 9.17) is 5.73 Å². The maximum Gasteiger partial charge on any atom is 0.416 e. The number of nitrogens with one attached hydrogen (secondary N) is 1. The molecule has 12 heteroatoms. The van der Waals surface area contributed by atoms with Crippen molar-refractivity contribution in [2.45, 2.75) is 26.2 Å². The number of aromatic nitrogens is 5. The van der Waals surface area contributed by atoms with Gasteiger partial charge in [0.1, 0.15) is 12.0 Å². The van der Waals surface area contributed by atoms with Crippen molar-refractivity contribution in [1.29, 1.82) is 0 Å². The highest BCUT2D eigenvalue weighted by Gasteiger charge is 2.33. The molecule has 5 rings (SSSR count). The normalized spacial score (nSPS) is 15.3. The Hall–Kier alpha value is -3.93. The highest BCUT2D eigenvalue weighted by atomic mass is 19.4. The molecule has 3 aromatic heterocycles. The zero-order valence-corrected chi connectivity index (χ0v) is 20.8. The lowest BCUT2D eigenvalue weighted by molar-refractivity contribution is -0.138. The minimum atomic E-state index is -4.46. The second-order valence-electron chi connectivity index (χ2n) is 9.21. The Morgan fingerprint density at radius 3 is 2.41 bits per heavy atom. The quantitative estimate of drug-likeness (QED) is 0.391. The number of halogens is 3. The highest BCUT2D eigenvalue weighted by molar-refractivity contribution is 5.94. The smallest absolute Gasteiger partial charge is 0.365 e. The first kappa shape index (κ1) is 24.8. The second kappa shape index (κ2) is 9.51. The van der Waals surface area contributed by atoms with Gasteiger partial charge in [-0.05, 0) is 37.1 Å². The maximum absolute atomic E-state index is 13.4. The molecular weight excluding hydrogens is 483 g/mol. The van der Waals surface area contributed by atoms with Gasteiger partial charge in [0.2, 0.25) is 0 Å². The summed E-state index contributed by atoms with van der Waals surface area (Å²) >= 11 is 0. The summed E-state index contributed by atoms with van der Waals surface area (Å²) in [6, 6.07) is 5.93. The Bertz CT molecular complexity index is 1420. The van der Waals surface area contributed by atoms with Gasteiger partial charge in [0, 0.05) is 56.4 Å². The van der Waals surface area contributed by atoms with Crippen molar-refractivity contribution >= 4 is 28.1 Å². The van der Waals surface area contributed by atoms with E-state index in [9.17, 15) is 13.2 Å². The van der Waals surface area contributed by atoms with Crippen molar-refractivity contribution < 1.29 is 13.2 Å². The van der Waals surface area contributed by atoms with Gasteiger partial charge in [0.25, 0.3) is 0 Å². The van der Waals surface area contributed by atoms with Crippen LogP contribution in [0.25, 0.3) is 10.8 Å². The maximum atomic E-state index is 13.4. The first-order chi connectivity index (χ1) is 17.6. The van der Waals surface area contributed by atoms with Crippen molar-refractivity contribution in [3.63, 3.8) is 0 Å². The van der Waals surface area contributed by atoms with E-state index in [1.165, 1.54) is 13.0 Å². The van der Waals surface area contributed by atoms with E-state index in [1.54, 1.807) is 16.9 Å². The topological polar surface area (TPSA) is 101 Å². The first-order valence-corrected chi connectivity index (χ1v) is 11.9. The number of nitrogens with zero attached hydrogens (tertiary/aromatic N) is 7. The van der Waals surface area contributed by atoms with Crippen LogP contribution in [0, 0.1) is 13.8 Å². The summed E-state index contributed by atoms with van der Waals surface area (Å²) < 4.78 is 42.0. The summed E-state index contributed by atoms with van der Waals surface area (Å²) in [5, 5.41) is 17.4. The molecule has 0 aliphatic carbocycles. The molecule has 0 unspecified atom stereocenters. The molecule has 1 aliphatic heterocycles. The lowest BCUT2D eigenvalue weighted by atomic mass is 10.00. The average Bonchev–Trinajstić information content (AvgIpc) is 3.31. The minimum absolute atomic E-state index is 0.0771. The number of fused-ring (bicyclic) bond motifs is 1. The number of alkyl halides is 3. The van der Waals surface area contributed by atoms with Gasteiger partial charge in [0.15, 0.2) is 5.82 Å². The van der Waals surface area contributed by atoms with Crippen LogP contribution < -0.4 is 20.9 Å². The standard InChI is InChI=1S/C25H28F3N9/c1-15-18(5-4-6-21(15)25(26,27)28)23(29)32-24-19-11-22(30-13-20(19)16(2)33-34-24)37-9-7-36(8-10-37)17-12-31-35(3)14-17/h4-6,11-14,23H,7-10,29H2,1-3H3,(H,32,34)/t23-/m0/s1. The van der Waals surface area contributed by atoms with Crippen molar-refractivity contribution in [2.75, 3.05) is 41.3 Å². The van der Waals surface area contributed by atoms with Crippen LogP contribution in [-0.2, 0) is 13.2 Å². The van der Waals surface area contributed by atoms with E-state index in [0.717, 1.165) is 54.5 Å².